The number of halogens is 2. The minimum absolute atomic E-state index is 0.112. The van der Waals surface area contributed by atoms with Gasteiger partial charge in [-0.15, -0.1) is 0 Å². The number of hydrogen-bond donors (Lipinski definition) is 0. The Kier molecular flexibility index (Phi) is 6.51. The lowest BCUT2D eigenvalue weighted by atomic mass is 9.96. The molecule has 0 bridgehead atoms. The van der Waals surface area contributed by atoms with Gasteiger partial charge in [-0.25, -0.2) is 0 Å². The minimum Gasteiger partial charge on any atom is -0.434 e. The number of ether oxygens (including phenoxy) is 1. The average Bonchev–Trinajstić information content (AvgIpc) is 3.45. The van der Waals surface area contributed by atoms with E-state index in [2.05, 4.69) is 9.64 Å². The summed E-state index contributed by atoms with van der Waals surface area (Å²) in [5, 5.41) is 0. The van der Waals surface area contributed by atoms with Crippen molar-refractivity contribution >= 4 is 11.8 Å². The summed E-state index contributed by atoms with van der Waals surface area (Å²) in [5.41, 5.74) is 0.112. The molecular formula is C22H29F2N3O3. The average molecular weight is 421 g/mol. The smallest absolute Gasteiger partial charge is 0.387 e. The van der Waals surface area contributed by atoms with E-state index in [1.54, 1.807) is 17.0 Å². The molecule has 2 unspecified atom stereocenters. The summed E-state index contributed by atoms with van der Waals surface area (Å²) in [6, 6.07) is 6.50. The molecule has 0 saturated carbocycles. The molecule has 30 heavy (non-hydrogen) atoms. The Morgan fingerprint density at radius 2 is 1.70 bits per heavy atom. The fraction of sp³-hybridized carbons (Fsp3) is 0.636. The fourth-order valence-electron chi connectivity index (χ4n) is 4.98. The summed E-state index contributed by atoms with van der Waals surface area (Å²) in [5.74, 6) is -0.603. The van der Waals surface area contributed by atoms with Crippen LogP contribution in [0.15, 0.2) is 24.3 Å². The molecule has 0 aliphatic carbocycles. The Labute approximate surface area is 175 Å². The molecule has 3 fully saturated rings. The summed E-state index contributed by atoms with van der Waals surface area (Å²) in [7, 11) is 0. The molecule has 2 atom stereocenters. The number of hydrogen-bond acceptors (Lipinski definition) is 4. The molecule has 8 heteroatoms. The van der Waals surface area contributed by atoms with E-state index >= 15 is 0 Å². The van der Waals surface area contributed by atoms with E-state index in [0.717, 1.165) is 45.4 Å². The molecule has 4 rings (SSSR count). The molecule has 3 heterocycles. The summed E-state index contributed by atoms with van der Waals surface area (Å²) >= 11 is 0. The van der Waals surface area contributed by atoms with Crippen molar-refractivity contribution in [2.75, 3.05) is 39.3 Å². The summed E-state index contributed by atoms with van der Waals surface area (Å²) in [6.45, 7) is 1.64. The second-order valence-corrected chi connectivity index (χ2v) is 8.43. The van der Waals surface area contributed by atoms with Crippen molar-refractivity contribution in [3.05, 3.63) is 29.8 Å². The predicted molar refractivity (Wildman–Crippen MR) is 107 cm³/mol. The number of nitrogens with zero attached hydrogens (tertiary/aromatic N) is 3. The third-order valence-corrected chi connectivity index (χ3v) is 6.52. The van der Waals surface area contributed by atoms with Crippen molar-refractivity contribution in [3.63, 3.8) is 0 Å². The standard InChI is InChI=1S/C22H29F2N3O3/c23-22(24)30-19-8-2-1-7-18(19)21(29)26-12-5-6-16(14-26)20(28)27-13-9-17(15-27)25-10-3-4-11-25/h1-2,7-8,16-17,22H,3-6,9-15H2. The molecule has 3 aliphatic heterocycles. The van der Waals surface area contributed by atoms with Crippen molar-refractivity contribution in [1.29, 1.82) is 0 Å². The highest BCUT2D eigenvalue weighted by Crippen LogP contribution is 2.27. The Morgan fingerprint density at radius 3 is 2.47 bits per heavy atom. The van der Waals surface area contributed by atoms with E-state index in [9.17, 15) is 18.4 Å². The van der Waals surface area contributed by atoms with E-state index < -0.39 is 6.61 Å². The quantitative estimate of drug-likeness (QED) is 0.734. The molecule has 3 aliphatic rings. The molecule has 3 saturated heterocycles. The van der Waals surface area contributed by atoms with Gasteiger partial charge in [-0.1, -0.05) is 12.1 Å². The van der Waals surface area contributed by atoms with Gasteiger partial charge in [0.25, 0.3) is 5.91 Å². The van der Waals surface area contributed by atoms with Crippen molar-refractivity contribution in [1.82, 2.24) is 14.7 Å². The normalized spacial score (nSPS) is 25.2. The van der Waals surface area contributed by atoms with Gasteiger partial charge in [0.2, 0.25) is 5.91 Å². The zero-order valence-electron chi connectivity index (χ0n) is 17.1. The maximum Gasteiger partial charge on any atom is 0.387 e. The van der Waals surface area contributed by atoms with Crippen LogP contribution in [0.1, 0.15) is 42.5 Å². The van der Waals surface area contributed by atoms with Crippen LogP contribution in [0.5, 0.6) is 5.75 Å². The third-order valence-electron chi connectivity index (χ3n) is 6.52. The van der Waals surface area contributed by atoms with Crippen LogP contribution in [0, 0.1) is 5.92 Å². The van der Waals surface area contributed by atoms with Crippen LogP contribution in [-0.2, 0) is 4.79 Å². The number of carbonyl (C=O) groups excluding carboxylic acids is 2. The number of benzene rings is 1. The number of carbonyl (C=O) groups is 2. The van der Waals surface area contributed by atoms with Crippen molar-refractivity contribution < 1.29 is 23.1 Å². The van der Waals surface area contributed by atoms with Gasteiger partial charge in [-0.2, -0.15) is 8.78 Å². The van der Waals surface area contributed by atoms with E-state index in [1.165, 1.54) is 25.0 Å². The van der Waals surface area contributed by atoms with Gasteiger partial charge in [0, 0.05) is 32.2 Å². The van der Waals surface area contributed by atoms with Crippen molar-refractivity contribution in [2.45, 2.75) is 44.8 Å². The number of piperidine rings is 1. The summed E-state index contributed by atoms with van der Waals surface area (Å²) < 4.78 is 29.9. The molecule has 6 nitrogen and oxygen atoms in total. The Bertz CT molecular complexity index is 770. The van der Waals surface area contributed by atoms with Gasteiger partial charge in [-0.05, 0) is 57.3 Å². The lowest BCUT2D eigenvalue weighted by Gasteiger charge is -2.34. The third kappa shape index (κ3) is 4.58. The predicted octanol–water partition coefficient (Wildman–Crippen LogP) is 2.84. The molecule has 0 aromatic heterocycles. The minimum atomic E-state index is -2.99. The van der Waals surface area contributed by atoms with Gasteiger partial charge in [-0.3, -0.25) is 14.5 Å². The van der Waals surface area contributed by atoms with Crippen LogP contribution < -0.4 is 4.74 Å². The largest absolute Gasteiger partial charge is 0.434 e. The SMILES string of the molecule is O=C(c1ccccc1OC(F)F)N1CCCC(C(=O)N2CCC(N3CCCC3)C2)C1. The lowest BCUT2D eigenvalue weighted by molar-refractivity contribution is -0.136. The first-order valence-corrected chi connectivity index (χ1v) is 10.9. The maximum absolute atomic E-state index is 13.1. The lowest BCUT2D eigenvalue weighted by Crippen LogP contribution is -2.47. The van der Waals surface area contributed by atoms with E-state index in [4.69, 9.17) is 0 Å². The highest BCUT2D eigenvalue weighted by atomic mass is 19.3. The number of likely N-dealkylation sites (tertiary alicyclic amines) is 3. The highest BCUT2D eigenvalue weighted by molar-refractivity contribution is 5.97. The van der Waals surface area contributed by atoms with Gasteiger partial charge < -0.3 is 14.5 Å². The van der Waals surface area contributed by atoms with Crippen LogP contribution in [0.2, 0.25) is 0 Å². The number of para-hydroxylation sites is 1. The first kappa shape index (κ1) is 21.0. The molecule has 0 radical (unpaired) electrons. The molecular weight excluding hydrogens is 392 g/mol. The molecule has 1 aromatic rings. The second kappa shape index (κ2) is 9.29. The first-order valence-electron chi connectivity index (χ1n) is 10.9. The molecule has 0 N–H and O–H groups in total. The van der Waals surface area contributed by atoms with Gasteiger partial charge in [0.15, 0.2) is 0 Å². The zero-order chi connectivity index (χ0) is 21.1. The van der Waals surface area contributed by atoms with E-state index in [0.29, 0.717) is 19.1 Å². The van der Waals surface area contributed by atoms with Gasteiger partial charge in [0.05, 0.1) is 11.5 Å². The fourth-order valence-corrected chi connectivity index (χ4v) is 4.98. The number of alkyl halides is 2. The first-order chi connectivity index (χ1) is 14.5. The topological polar surface area (TPSA) is 53.1 Å². The molecule has 1 aromatic carbocycles. The van der Waals surface area contributed by atoms with Crippen LogP contribution in [-0.4, -0.2) is 78.4 Å². The van der Waals surface area contributed by atoms with Crippen molar-refractivity contribution in [3.8, 4) is 5.75 Å². The van der Waals surface area contributed by atoms with Crippen LogP contribution in [0.25, 0.3) is 0 Å². The molecule has 2 amide bonds. The number of amides is 2. The molecule has 0 spiro atoms. The Balaban J connectivity index is 1.38. The van der Waals surface area contributed by atoms with E-state index in [1.807, 2.05) is 4.90 Å². The zero-order valence-corrected chi connectivity index (χ0v) is 17.1. The van der Waals surface area contributed by atoms with Crippen LogP contribution in [0.4, 0.5) is 8.78 Å². The number of rotatable bonds is 5. The second-order valence-electron chi connectivity index (χ2n) is 8.43. The van der Waals surface area contributed by atoms with Crippen LogP contribution >= 0.6 is 0 Å². The monoisotopic (exact) mass is 421 g/mol. The summed E-state index contributed by atoms with van der Waals surface area (Å²) in [4.78, 5) is 32.2. The van der Waals surface area contributed by atoms with Gasteiger partial charge >= 0.3 is 6.61 Å². The molecule has 164 valence electrons. The maximum atomic E-state index is 13.1. The Hall–Kier alpha value is -2.22. The van der Waals surface area contributed by atoms with Gasteiger partial charge in [0.1, 0.15) is 5.75 Å². The van der Waals surface area contributed by atoms with E-state index in [-0.39, 0.29) is 29.0 Å². The Morgan fingerprint density at radius 1 is 0.933 bits per heavy atom. The van der Waals surface area contributed by atoms with Crippen LogP contribution in [0.3, 0.4) is 0 Å². The highest BCUT2D eigenvalue weighted by Gasteiger charge is 2.37. The van der Waals surface area contributed by atoms with Crippen molar-refractivity contribution in [2.24, 2.45) is 5.92 Å². The summed E-state index contributed by atoms with van der Waals surface area (Å²) in [6.07, 6.45) is 4.97.